The normalized spacial score (nSPS) is 9.58. The summed E-state index contributed by atoms with van der Waals surface area (Å²) in [6, 6.07) is 11.8. The van der Waals surface area contributed by atoms with Crippen molar-refractivity contribution in [3.8, 4) is 22.6 Å². The molecule has 1 heterocycles. The number of anilines is 1. The predicted octanol–water partition coefficient (Wildman–Crippen LogP) is 9.15. The topological polar surface area (TPSA) is 133 Å². The molecule has 0 unspecified atom stereocenters. The molecule has 0 fully saturated rings. The van der Waals surface area contributed by atoms with Gasteiger partial charge in [0.2, 0.25) is 0 Å². The Morgan fingerprint density at radius 2 is 1.50 bits per heavy atom. The molecule has 0 saturated carbocycles. The fourth-order valence-corrected chi connectivity index (χ4v) is 4.15. The average molecular weight is 698 g/mol. The minimum atomic E-state index is -1.32. The lowest BCUT2D eigenvalue weighted by atomic mass is 9.94. The minimum absolute atomic E-state index is 0.162. The van der Waals surface area contributed by atoms with Gasteiger partial charge in [0.25, 0.3) is 5.91 Å². The fourth-order valence-electron chi connectivity index (χ4n) is 4.15. The molecule has 0 atom stereocenters. The first-order valence-corrected chi connectivity index (χ1v) is 16.5. The largest absolute Gasteiger partial charge is 0.496 e. The number of nitrogens with two attached hydrogens (primary N) is 1. The molecule has 0 aliphatic carbocycles. The predicted molar refractivity (Wildman–Crippen MR) is 199 cm³/mol. The summed E-state index contributed by atoms with van der Waals surface area (Å²) < 4.78 is 43.2. The standard InChI is InChI=1S/C21H23NO3.C9H8F2N2O3.C4H8.C3H8.C2H6/c1-5-25-13-15-10-19(23-3)21(20(11-15)24-4)17-7-6-14(2)16-8-9-22-12-18(16)17;10-5-1-4(12)2-6(11)8(5)9(16)13-3-7(14)15;1-3-4-2;1-3-2;1-2/h6-12H,5,13H2,1-4H3;1-2H,3,12H2,(H,13,16)(H,14,15);3H,1,4H2,2H3;3H2,1-2H3;1-2H3. The maximum atomic E-state index is 13.2. The summed E-state index contributed by atoms with van der Waals surface area (Å²) in [6.45, 7) is 18.3. The van der Waals surface area contributed by atoms with Crippen molar-refractivity contribution in [3.63, 3.8) is 0 Å². The molecule has 0 saturated heterocycles. The molecule has 0 aliphatic rings. The molecule has 0 radical (unpaired) electrons. The Hall–Kier alpha value is -5.03. The van der Waals surface area contributed by atoms with Crippen molar-refractivity contribution >= 4 is 28.3 Å². The van der Waals surface area contributed by atoms with Crippen molar-refractivity contribution in [2.45, 2.75) is 67.9 Å². The molecule has 1 aromatic heterocycles. The fraction of sp³-hybridized carbons (Fsp3) is 0.359. The molecule has 1 amide bonds. The number of hydrogen-bond acceptors (Lipinski definition) is 7. The average Bonchev–Trinajstić information content (AvgIpc) is 3.11. The van der Waals surface area contributed by atoms with Crippen molar-refractivity contribution in [1.82, 2.24) is 10.3 Å². The molecule has 50 heavy (non-hydrogen) atoms. The lowest BCUT2D eigenvalue weighted by molar-refractivity contribution is -0.135. The third-order valence-electron chi connectivity index (χ3n) is 6.32. The Morgan fingerprint density at radius 1 is 0.960 bits per heavy atom. The number of fused-ring (bicyclic) bond motifs is 1. The third-order valence-corrected chi connectivity index (χ3v) is 6.32. The van der Waals surface area contributed by atoms with E-state index in [0.717, 1.165) is 52.1 Å². The van der Waals surface area contributed by atoms with Gasteiger partial charge in [0, 0.05) is 30.1 Å². The third kappa shape index (κ3) is 14.2. The first kappa shape index (κ1) is 45.0. The van der Waals surface area contributed by atoms with Gasteiger partial charge in [0.15, 0.2) is 0 Å². The second kappa shape index (κ2) is 25.0. The summed E-state index contributed by atoms with van der Waals surface area (Å²) in [5, 5.41) is 12.4. The number of amides is 1. The monoisotopic (exact) mass is 697 g/mol. The maximum Gasteiger partial charge on any atom is 0.322 e. The first-order valence-electron chi connectivity index (χ1n) is 16.5. The molecule has 0 bridgehead atoms. The maximum absolute atomic E-state index is 13.2. The molecule has 0 aliphatic heterocycles. The van der Waals surface area contributed by atoms with E-state index in [4.69, 9.17) is 25.1 Å². The van der Waals surface area contributed by atoms with Crippen molar-refractivity contribution in [1.29, 1.82) is 0 Å². The first-order chi connectivity index (χ1) is 23.9. The number of aromatic nitrogens is 1. The van der Waals surface area contributed by atoms with Gasteiger partial charge in [0.05, 0.1) is 26.4 Å². The van der Waals surface area contributed by atoms with Gasteiger partial charge < -0.3 is 30.4 Å². The lowest BCUT2D eigenvalue weighted by Crippen LogP contribution is -2.30. The number of carboxylic acids is 1. The molecule has 0 spiro atoms. The van der Waals surface area contributed by atoms with Gasteiger partial charge in [0.1, 0.15) is 35.2 Å². The molecule has 4 rings (SSSR count). The molecule has 274 valence electrons. The Balaban J connectivity index is 0.000000823. The van der Waals surface area contributed by atoms with Crippen LogP contribution in [0.1, 0.15) is 75.9 Å². The number of benzene rings is 3. The summed E-state index contributed by atoms with van der Waals surface area (Å²) in [6.07, 6.45) is 7.92. The quantitative estimate of drug-likeness (QED) is 0.110. The number of allylic oxidation sites excluding steroid dienone is 1. The van der Waals surface area contributed by atoms with Gasteiger partial charge in [-0.25, -0.2) is 8.78 Å². The van der Waals surface area contributed by atoms with Crippen LogP contribution in [-0.4, -0.2) is 49.3 Å². The number of nitrogen functional groups attached to an aromatic ring is 1. The van der Waals surface area contributed by atoms with Gasteiger partial charge in [-0.3, -0.25) is 14.6 Å². The number of aryl methyl sites for hydroxylation is 1. The Morgan fingerprint density at radius 3 is 1.96 bits per heavy atom. The molecule has 11 heteroatoms. The number of methoxy groups -OCH3 is 2. The van der Waals surface area contributed by atoms with Crippen molar-refractivity contribution in [2.24, 2.45) is 0 Å². The zero-order valence-corrected chi connectivity index (χ0v) is 30.8. The Bertz CT molecular complexity index is 1600. The highest BCUT2D eigenvalue weighted by Crippen LogP contribution is 2.43. The number of hydrogen-bond donors (Lipinski definition) is 3. The number of carboxylic acid groups (broad SMARTS) is 1. The molecular formula is C39H53F2N3O6. The number of nitrogens with zero attached hydrogens (tertiary/aromatic N) is 1. The van der Waals surface area contributed by atoms with Crippen LogP contribution in [0, 0.1) is 18.6 Å². The molecule has 9 nitrogen and oxygen atoms in total. The van der Waals surface area contributed by atoms with Crippen molar-refractivity contribution in [3.05, 3.63) is 95.8 Å². The number of halogens is 2. The summed E-state index contributed by atoms with van der Waals surface area (Å²) in [7, 11) is 3.36. The number of aliphatic carboxylic acids is 1. The van der Waals surface area contributed by atoms with E-state index >= 15 is 0 Å². The number of pyridine rings is 1. The summed E-state index contributed by atoms with van der Waals surface area (Å²) in [5.74, 6) is -3.20. The summed E-state index contributed by atoms with van der Waals surface area (Å²) >= 11 is 0. The van der Waals surface area contributed by atoms with Crippen LogP contribution in [-0.2, 0) is 16.1 Å². The molecule has 4 aromatic rings. The van der Waals surface area contributed by atoms with Crippen LogP contribution in [0.2, 0.25) is 0 Å². The van der Waals surface area contributed by atoms with Gasteiger partial charge in [-0.05, 0) is 72.7 Å². The highest BCUT2D eigenvalue weighted by atomic mass is 19.1. The summed E-state index contributed by atoms with van der Waals surface area (Å²) in [4.78, 5) is 25.7. The number of carbonyl (C=O) groups excluding carboxylic acids is 1. The number of ether oxygens (including phenoxy) is 3. The molecule has 3 aromatic carbocycles. The van der Waals surface area contributed by atoms with Crippen LogP contribution in [0.15, 0.2) is 67.5 Å². The lowest BCUT2D eigenvalue weighted by Gasteiger charge is -2.17. The number of nitrogens with one attached hydrogen (secondary N) is 1. The van der Waals surface area contributed by atoms with Gasteiger partial charge in [-0.15, -0.1) is 6.58 Å². The van der Waals surface area contributed by atoms with Crippen LogP contribution < -0.4 is 20.5 Å². The van der Waals surface area contributed by atoms with E-state index in [9.17, 15) is 18.4 Å². The number of carbonyl (C=O) groups is 2. The van der Waals surface area contributed by atoms with Crippen molar-refractivity contribution < 1.29 is 37.7 Å². The zero-order valence-electron chi connectivity index (χ0n) is 30.8. The highest BCUT2D eigenvalue weighted by molar-refractivity contribution is 6.00. The van der Waals surface area contributed by atoms with Crippen molar-refractivity contribution in [2.75, 3.05) is 33.1 Å². The van der Waals surface area contributed by atoms with Crippen LogP contribution in [0.3, 0.4) is 0 Å². The van der Waals surface area contributed by atoms with E-state index < -0.39 is 35.6 Å². The van der Waals surface area contributed by atoms with Crippen LogP contribution >= 0.6 is 0 Å². The van der Waals surface area contributed by atoms with E-state index in [2.05, 4.69) is 51.4 Å². The van der Waals surface area contributed by atoms with E-state index in [0.29, 0.717) is 13.2 Å². The Kier molecular flexibility index (Phi) is 22.5. The van der Waals surface area contributed by atoms with E-state index in [1.54, 1.807) is 14.2 Å². The van der Waals surface area contributed by atoms with Gasteiger partial charge in [-0.1, -0.05) is 59.2 Å². The van der Waals surface area contributed by atoms with Crippen LogP contribution in [0.5, 0.6) is 11.5 Å². The second-order valence-electron chi connectivity index (χ2n) is 10.2. The van der Waals surface area contributed by atoms with E-state index in [1.165, 1.54) is 17.4 Å². The molecular weight excluding hydrogens is 644 g/mol. The van der Waals surface area contributed by atoms with Crippen LogP contribution in [0.25, 0.3) is 21.9 Å². The Labute approximate surface area is 295 Å². The van der Waals surface area contributed by atoms with E-state index in [-0.39, 0.29) is 5.69 Å². The zero-order chi connectivity index (χ0) is 38.2. The minimum Gasteiger partial charge on any atom is -0.496 e. The highest BCUT2D eigenvalue weighted by Gasteiger charge is 2.19. The van der Waals surface area contributed by atoms with Gasteiger partial charge in [-0.2, -0.15) is 0 Å². The molecule has 4 N–H and O–H groups in total. The van der Waals surface area contributed by atoms with Crippen LogP contribution in [0.4, 0.5) is 14.5 Å². The van der Waals surface area contributed by atoms with E-state index in [1.807, 2.05) is 62.8 Å². The smallest absolute Gasteiger partial charge is 0.322 e. The summed E-state index contributed by atoms with van der Waals surface area (Å²) in [5.41, 5.74) is 8.35. The second-order valence-corrected chi connectivity index (χ2v) is 10.2. The SMILES string of the molecule is C=CCC.CC.CCC.CCOCc1cc(OC)c(-c2ccc(C)c3ccncc23)c(OC)c1.Nc1cc(F)c(C(=O)NCC(=O)O)c(F)c1. The van der Waals surface area contributed by atoms with Gasteiger partial charge >= 0.3 is 5.97 Å². The number of rotatable bonds is 10.